The summed E-state index contributed by atoms with van der Waals surface area (Å²) in [5.74, 6) is 1.10. The molecule has 164 valence electrons. The molecular formula is C26H27N3O2S. The van der Waals surface area contributed by atoms with E-state index in [1.807, 2.05) is 24.3 Å². The standard InChI is InChI=1S/C26H27N3O2S/c1-2-15-6-5-8-18-17(15)11-10-16-14-27-20(22(16)18)12-13-29-25(30)24-23(28-26(29)31)19-7-3-4-9-21(19)32-24/h3-9,16,20,22,27H,2,10-14H2,1H3,(H,28,31)/t16-,20?,22+/m0/s1. The number of nitrogens with one attached hydrogen (secondary N) is 2. The van der Waals surface area contributed by atoms with E-state index in [4.69, 9.17) is 0 Å². The highest BCUT2D eigenvalue weighted by molar-refractivity contribution is 7.25. The summed E-state index contributed by atoms with van der Waals surface area (Å²) in [6, 6.07) is 14.9. The van der Waals surface area contributed by atoms with Crippen molar-refractivity contribution >= 4 is 31.6 Å². The van der Waals surface area contributed by atoms with Gasteiger partial charge in [0.1, 0.15) is 4.70 Å². The molecule has 1 fully saturated rings. The molecule has 1 aliphatic heterocycles. The molecule has 1 saturated heterocycles. The minimum absolute atomic E-state index is 0.170. The average molecular weight is 446 g/mol. The third-order valence-electron chi connectivity index (χ3n) is 7.57. The van der Waals surface area contributed by atoms with Gasteiger partial charge in [-0.2, -0.15) is 0 Å². The van der Waals surface area contributed by atoms with Gasteiger partial charge in [0, 0.05) is 28.6 Å². The topological polar surface area (TPSA) is 66.9 Å². The summed E-state index contributed by atoms with van der Waals surface area (Å²) < 4.78 is 3.07. The first-order valence-corrected chi connectivity index (χ1v) is 12.5. The number of hydrogen-bond donors (Lipinski definition) is 2. The van der Waals surface area contributed by atoms with Crippen LogP contribution in [0.3, 0.4) is 0 Å². The monoisotopic (exact) mass is 445 g/mol. The number of aromatic nitrogens is 2. The third-order valence-corrected chi connectivity index (χ3v) is 8.73. The van der Waals surface area contributed by atoms with Crippen LogP contribution in [0.5, 0.6) is 0 Å². The van der Waals surface area contributed by atoms with Gasteiger partial charge in [0.15, 0.2) is 0 Å². The van der Waals surface area contributed by atoms with Crippen LogP contribution in [-0.2, 0) is 19.4 Å². The minimum atomic E-state index is -0.307. The molecule has 4 aromatic rings. The Hall–Kier alpha value is -2.70. The Balaban J connectivity index is 1.33. The van der Waals surface area contributed by atoms with Gasteiger partial charge < -0.3 is 10.3 Å². The molecule has 0 amide bonds. The van der Waals surface area contributed by atoms with Crippen LogP contribution < -0.4 is 16.6 Å². The van der Waals surface area contributed by atoms with Gasteiger partial charge in [0.2, 0.25) is 0 Å². The zero-order valence-electron chi connectivity index (χ0n) is 18.2. The van der Waals surface area contributed by atoms with Crippen LogP contribution in [0.1, 0.15) is 42.4 Å². The van der Waals surface area contributed by atoms with Gasteiger partial charge in [-0.15, -0.1) is 11.3 Å². The second-order valence-corrected chi connectivity index (χ2v) is 10.2. The van der Waals surface area contributed by atoms with Gasteiger partial charge in [-0.1, -0.05) is 43.3 Å². The molecule has 2 aromatic carbocycles. The SMILES string of the molecule is CCc1cccc2c1CC[C@H]1CNC(CCn3c(=O)[nH]c4c(sc5ccccc54)c3=O)[C@@H]21. The van der Waals surface area contributed by atoms with Crippen molar-refractivity contribution in [3.63, 3.8) is 0 Å². The van der Waals surface area contributed by atoms with Crippen molar-refractivity contribution < 1.29 is 0 Å². The molecule has 0 radical (unpaired) electrons. The van der Waals surface area contributed by atoms with Crippen LogP contribution in [0.25, 0.3) is 20.3 Å². The smallest absolute Gasteiger partial charge is 0.313 e. The summed E-state index contributed by atoms with van der Waals surface area (Å²) in [5, 5.41) is 4.66. The van der Waals surface area contributed by atoms with Gasteiger partial charge >= 0.3 is 5.69 Å². The van der Waals surface area contributed by atoms with Crippen molar-refractivity contribution in [2.24, 2.45) is 5.92 Å². The molecule has 3 heterocycles. The molecule has 2 N–H and O–H groups in total. The van der Waals surface area contributed by atoms with Crippen molar-refractivity contribution in [3.8, 4) is 0 Å². The summed E-state index contributed by atoms with van der Waals surface area (Å²) in [6.45, 7) is 3.68. The number of H-pyrrole nitrogens is 1. The van der Waals surface area contributed by atoms with E-state index in [9.17, 15) is 9.59 Å². The van der Waals surface area contributed by atoms with E-state index in [0.29, 0.717) is 28.6 Å². The second kappa shape index (κ2) is 7.71. The maximum atomic E-state index is 13.2. The van der Waals surface area contributed by atoms with Gasteiger partial charge in [-0.05, 0) is 60.9 Å². The lowest BCUT2D eigenvalue weighted by molar-refractivity contribution is 0.390. The fourth-order valence-electron chi connectivity index (χ4n) is 6.03. The zero-order valence-corrected chi connectivity index (χ0v) is 19.0. The number of benzene rings is 2. The summed E-state index contributed by atoms with van der Waals surface area (Å²) in [4.78, 5) is 29.1. The van der Waals surface area contributed by atoms with Gasteiger partial charge in [-0.25, -0.2) is 4.79 Å². The highest BCUT2D eigenvalue weighted by Crippen LogP contribution is 2.43. The lowest BCUT2D eigenvalue weighted by atomic mass is 9.72. The first-order valence-electron chi connectivity index (χ1n) is 11.6. The van der Waals surface area contributed by atoms with E-state index in [0.717, 1.165) is 35.9 Å². The Kier molecular flexibility index (Phi) is 4.81. The number of aryl methyl sites for hydroxylation is 1. The second-order valence-electron chi connectivity index (χ2n) is 9.16. The summed E-state index contributed by atoms with van der Waals surface area (Å²) >= 11 is 1.46. The molecule has 6 heteroatoms. The van der Waals surface area contributed by atoms with Crippen LogP contribution in [-0.4, -0.2) is 22.1 Å². The summed E-state index contributed by atoms with van der Waals surface area (Å²) in [5.41, 5.74) is 4.68. The Labute approximate surface area is 190 Å². The lowest BCUT2D eigenvalue weighted by Gasteiger charge is -2.32. The number of nitrogens with zero attached hydrogens (tertiary/aromatic N) is 1. The number of thiophene rings is 1. The van der Waals surface area contributed by atoms with E-state index >= 15 is 0 Å². The molecule has 0 spiro atoms. The molecule has 2 aliphatic rings. The van der Waals surface area contributed by atoms with Gasteiger partial charge in [0.25, 0.3) is 5.56 Å². The van der Waals surface area contributed by atoms with Crippen molar-refractivity contribution in [1.29, 1.82) is 0 Å². The predicted molar refractivity (Wildman–Crippen MR) is 131 cm³/mol. The minimum Gasteiger partial charge on any atom is -0.313 e. The number of rotatable bonds is 4. The molecule has 2 aromatic heterocycles. The molecule has 3 atom stereocenters. The van der Waals surface area contributed by atoms with Crippen LogP contribution in [0, 0.1) is 5.92 Å². The quantitative estimate of drug-likeness (QED) is 0.495. The van der Waals surface area contributed by atoms with Crippen molar-refractivity contribution in [2.75, 3.05) is 6.54 Å². The zero-order chi connectivity index (χ0) is 21.8. The van der Waals surface area contributed by atoms with E-state index in [1.54, 1.807) is 0 Å². The first-order chi connectivity index (χ1) is 15.7. The van der Waals surface area contributed by atoms with Crippen LogP contribution in [0.2, 0.25) is 0 Å². The molecule has 1 unspecified atom stereocenters. The van der Waals surface area contributed by atoms with E-state index in [-0.39, 0.29) is 17.3 Å². The normalized spacial score (nSPS) is 22.3. The highest BCUT2D eigenvalue weighted by Gasteiger charge is 2.40. The molecule has 1 aliphatic carbocycles. The highest BCUT2D eigenvalue weighted by atomic mass is 32.1. The Morgan fingerprint density at radius 1 is 1.12 bits per heavy atom. The lowest BCUT2D eigenvalue weighted by Crippen LogP contribution is -2.37. The largest absolute Gasteiger partial charge is 0.328 e. The molecule has 32 heavy (non-hydrogen) atoms. The molecule has 6 rings (SSSR count). The van der Waals surface area contributed by atoms with Gasteiger partial charge in [-0.3, -0.25) is 9.36 Å². The van der Waals surface area contributed by atoms with E-state index in [2.05, 4.69) is 35.4 Å². The average Bonchev–Trinajstić information content (AvgIpc) is 3.40. The van der Waals surface area contributed by atoms with Gasteiger partial charge in [0.05, 0.1) is 5.52 Å². The first kappa shape index (κ1) is 19.9. The van der Waals surface area contributed by atoms with Crippen molar-refractivity contribution in [1.82, 2.24) is 14.9 Å². The number of aromatic amines is 1. The molecular weight excluding hydrogens is 418 g/mol. The Morgan fingerprint density at radius 3 is 2.88 bits per heavy atom. The number of fused-ring (bicyclic) bond motifs is 6. The molecule has 5 nitrogen and oxygen atoms in total. The summed E-state index contributed by atoms with van der Waals surface area (Å²) in [7, 11) is 0. The number of hydrogen-bond acceptors (Lipinski definition) is 4. The maximum absolute atomic E-state index is 13.2. The predicted octanol–water partition coefficient (Wildman–Crippen LogP) is 4.18. The maximum Gasteiger partial charge on any atom is 0.328 e. The fourth-order valence-corrected chi connectivity index (χ4v) is 7.14. The summed E-state index contributed by atoms with van der Waals surface area (Å²) in [6.07, 6.45) is 4.22. The van der Waals surface area contributed by atoms with Crippen molar-refractivity contribution in [3.05, 3.63) is 80.0 Å². The van der Waals surface area contributed by atoms with Crippen LogP contribution in [0.4, 0.5) is 0 Å². The molecule has 0 bridgehead atoms. The Morgan fingerprint density at radius 2 is 2.00 bits per heavy atom. The molecule has 0 saturated carbocycles. The Bertz CT molecular complexity index is 1450. The van der Waals surface area contributed by atoms with E-state index < -0.39 is 0 Å². The van der Waals surface area contributed by atoms with Crippen LogP contribution >= 0.6 is 11.3 Å². The third kappa shape index (κ3) is 3.00. The van der Waals surface area contributed by atoms with E-state index in [1.165, 1.54) is 39.0 Å². The fraction of sp³-hybridized carbons (Fsp3) is 0.385. The van der Waals surface area contributed by atoms with Crippen molar-refractivity contribution in [2.45, 2.75) is 51.1 Å². The van der Waals surface area contributed by atoms with Crippen LogP contribution in [0.15, 0.2) is 52.1 Å².